The minimum Gasteiger partial charge on any atom is -0.312 e. The predicted octanol–water partition coefficient (Wildman–Crippen LogP) is 4.25. The van der Waals surface area contributed by atoms with Crippen molar-refractivity contribution < 1.29 is 13.6 Å². The van der Waals surface area contributed by atoms with Crippen LogP contribution >= 0.6 is 15.9 Å². The Balaban J connectivity index is 1.86. The van der Waals surface area contributed by atoms with E-state index in [1.54, 1.807) is 4.90 Å². The van der Waals surface area contributed by atoms with Gasteiger partial charge >= 0.3 is 0 Å². The minimum atomic E-state index is -0.914. The number of amides is 1. The van der Waals surface area contributed by atoms with Gasteiger partial charge in [0.05, 0.1) is 5.92 Å². The summed E-state index contributed by atoms with van der Waals surface area (Å²) in [6, 6.07) is 11.1. The molecule has 0 saturated carbocycles. The van der Waals surface area contributed by atoms with Crippen LogP contribution in [0.2, 0.25) is 0 Å². The fraction of sp³-hybridized carbons (Fsp3) is 0.188. The van der Waals surface area contributed by atoms with Crippen molar-refractivity contribution in [1.82, 2.24) is 0 Å². The lowest BCUT2D eigenvalue weighted by atomic mass is 9.97. The first-order valence-corrected chi connectivity index (χ1v) is 7.37. The molecule has 1 aliphatic rings. The first-order chi connectivity index (χ1) is 10.1. The molecule has 0 bridgehead atoms. The molecular weight excluding hydrogens is 340 g/mol. The third-order valence-corrected chi connectivity index (χ3v) is 4.22. The summed E-state index contributed by atoms with van der Waals surface area (Å²) < 4.78 is 27.2. The summed E-state index contributed by atoms with van der Waals surface area (Å²) in [5.41, 5.74) is 1.34. The second kappa shape index (κ2) is 5.56. The number of halogens is 3. The third kappa shape index (κ3) is 2.70. The molecule has 2 nitrogen and oxygen atoms in total. The molecule has 1 atom stereocenters. The maximum atomic E-state index is 13.3. The van der Waals surface area contributed by atoms with E-state index in [0.717, 1.165) is 22.3 Å². The topological polar surface area (TPSA) is 20.3 Å². The molecule has 108 valence electrons. The van der Waals surface area contributed by atoms with Gasteiger partial charge in [0.2, 0.25) is 5.91 Å². The number of benzene rings is 2. The van der Waals surface area contributed by atoms with Crippen LogP contribution in [0.15, 0.2) is 46.9 Å². The minimum absolute atomic E-state index is 0.0802. The van der Waals surface area contributed by atoms with Gasteiger partial charge in [-0.3, -0.25) is 4.79 Å². The van der Waals surface area contributed by atoms with Crippen molar-refractivity contribution >= 4 is 27.5 Å². The number of hydrogen-bond donors (Lipinski definition) is 0. The summed E-state index contributed by atoms with van der Waals surface area (Å²) in [6.45, 7) is 0.574. The number of hydrogen-bond acceptors (Lipinski definition) is 1. The highest BCUT2D eigenvalue weighted by atomic mass is 79.9. The van der Waals surface area contributed by atoms with E-state index in [-0.39, 0.29) is 5.91 Å². The highest BCUT2D eigenvalue weighted by Gasteiger charge is 2.33. The van der Waals surface area contributed by atoms with E-state index >= 15 is 0 Å². The number of nitrogens with zero attached hydrogens (tertiary/aromatic N) is 1. The van der Waals surface area contributed by atoms with Crippen molar-refractivity contribution in [1.29, 1.82) is 0 Å². The summed E-state index contributed by atoms with van der Waals surface area (Å²) in [6.07, 6.45) is 0.597. The Morgan fingerprint density at radius 1 is 1.05 bits per heavy atom. The molecule has 0 aliphatic carbocycles. The van der Waals surface area contributed by atoms with Gasteiger partial charge in [0.25, 0.3) is 0 Å². The standard InChI is InChI=1S/C16H12BrF2NO/c17-11-2-4-12(5-3-11)20-8-7-13(16(20)21)10-1-6-14(18)15(19)9-10/h1-6,9,13H,7-8H2. The Hall–Kier alpha value is -1.75. The lowest BCUT2D eigenvalue weighted by Crippen LogP contribution is -2.26. The van der Waals surface area contributed by atoms with E-state index in [0.29, 0.717) is 18.5 Å². The van der Waals surface area contributed by atoms with Crippen molar-refractivity contribution in [3.8, 4) is 0 Å². The summed E-state index contributed by atoms with van der Waals surface area (Å²) in [4.78, 5) is 14.2. The Bertz CT molecular complexity index is 687. The van der Waals surface area contributed by atoms with E-state index in [9.17, 15) is 13.6 Å². The molecule has 3 rings (SSSR count). The molecule has 1 heterocycles. The molecule has 1 fully saturated rings. The normalized spacial score (nSPS) is 18.3. The number of carbonyl (C=O) groups excluding carboxylic acids is 1. The third-order valence-electron chi connectivity index (χ3n) is 3.69. The van der Waals surface area contributed by atoms with E-state index in [1.807, 2.05) is 24.3 Å². The van der Waals surface area contributed by atoms with Crippen LogP contribution in [0.25, 0.3) is 0 Å². The first-order valence-electron chi connectivity index (χ1n) is 6.58. The van der Waals surface area contributed by atoms with Crippen molar-refractivity contribution in [2.75, 3.05) is 11.4 Å². The van der Waals surface area contributed by atoms with Gasteiger partial charge in [-0.2, -0.15) is 0 Å². The molecule has 1 amide bonds. The van der Waals surface area contributed by atoms with Crippen molar-refractivity contribution in [2.45, 2.75) is 12.3 Å². The summed E-state index contributed by atoms with van der Waals surface area (Å²) >= 11 is 3.35. The molecule has 2 aromatic carbocycles. The lowest BCUT2D eigenvalue weighted by molar-refractivity contribution is -0.118. The molecule has 5 heteroatoms. The van der Waals surface area contributed by atoms with Crippen LogP contribution in [-0.4, -0.2) is 12.5 Å². The molecule has 0 radical (unpaired) electrons. The van der Waals surface area contributed by atoms with Gasteiger partial charge in [0.15, 0.2) is 11.6 Å². The maximum Gasteiger partial charge on any atom is 0.234 e. The average molecular weight is 352 g/mol. The lowest BCUT2D eigenvalue weighted by Gasteiger charge is -2.17. The molecule has 1 saturated heterocycles. The first kappa shape index (κ1) is 14.2. The molecule has 0 aromatic heterocycles. The summed E-state index contributed by atoms with van der Waals surface area (Å²) in [5.74, 6) is -2.30. The monoisotopic (exact) mass is 351 g/mol. The van der Waals surface area contributed by atoms with Crippen LogP contribution < -0.4 is 4.90 Å². The van der Waals surface area contributed by atoms with Gasteiger partial charge in [-0.1, -0.05) is 22.0 Å². The van der Waals surface area contributed by atoms with Crippen LogP contribution in [0, 0.1) is 11.6 Å². The van der Waals surface area contributed by atoms with Crippen LogP contribution in [-0.2, 0) is 4.79 Å². The van der Waals surface area contributed by atoms with Crippen LogP contribution in [0.3, 0.4) is 0 Å². The molecule has 0 N–H and O–H groups in total. The van der Waals surface area contributed by atoms with Crippen LogP contribution in [0.4, 0.5) is 14.5 Å². The zero-order valence-electron chi connectivity index (χ0n) is 11.0. The van der Waals surface area contributed by atoms with Crippen LogP contribution in [0.1, 0.15) is 17.9 Å². The van der Waals surface area contributed by atoms with Crippen molar-refractivity contribution in [2.24, 2.45) is 0 Å². The van der Waals surface area contributed by atoms with Gasteiger partial charge in [-0.25, -0.2) is 8.78 Å². The van der Waals surface area contributed by atoms with Gasteiger partial charge in [-0.05, 0) is 48.4 Å². The zero-order chi connectivity index (χ0) is 15.0. The number of anilines is 1. The number of carbonyl (C=O) groups is 1. The Morgan fingerprint density at radius 3 is 2.43 bits per heavy atom. The fourth-order valence-corrected chi connectivity index (χ4v) is 2.86. The van der Waals surface area contributed by atoms with E-state index in [1.165, 1.54) is 6.07 Å². The van der Waals surface area contributed by atoms with Gasteiger partial charge in [0, 0.05) is 16.7 Å². The molecule has 2 aromatic rings. The van der Waals surface area contributed by atoms with Crippen LogP contribution in [0.5, 0.6) is 0 Å². The predicted molar refractivity (Wildman–Crippen MR) is 80.2 cm³/mol. The van der Waals surface area contributed by atoms with Gasteiger partial charge < -0.3 is 4.90 Å². The second-order valence-electron chi connectivity index (χ2n) is 4.98. The average Bonchev–Trinajstić information content (AvgIpc) is 2.85. The SMILES string of the molecule is O=C1C(c2ccc(F)c(F)c2)CCN1c1ccc(Br)cc1. The Kier molecular flexibility index (Phi) is 3.76. The van der Waals surface area contributed by atoms with E-state index in [2.05, 4.69) is 15.9 Å². The van der Waals surface area contributed by atoms with Gasteiger partial charge in [-0.15, -0.1) is 0 Å². The summed E-state index contributed by atoms with van der Waals surface area (Å²) in [7, 11) is 0. The van der Waals surface area contributed by atoms with E-state index < -0.39 is 17.6 Å². The smallest absolute Gasteiger partial charge is 0.234 e. The highest BCUT2D eigenvalue weighted by molar-refractivity contribution is 9.10. The highest BCUT2D eigenvalue weighted by Crippen LogP contribution is 2.33. The molecule has 1 aliphatic heterocycles. The van der Waals surface area contributed by atoms with Crippen molar-refractivity contribution in [3.05, 3.63) is 64.1 Å². The maximum absolute atomic E-state index is 13.3. The Labute approximate surface area is 129 Å². The Morgan fingerprint density at radius 2 is 1.76 bits per heavy atom. The summed E-state index contributed by atoms with van der Waals surface area (Å²) in [5, 5.41) is 0. The molecule has 21 heavy (non-hydrogen) atoms. The molecular formula is C16H12BrF2NO. The van der Waals surface area contributed by atoms with Gasteiger partial charge in [0.1, 0.15) is 0 Å². The number of rotatable bonds is 2. The largest absolute Gasteiger partial charge is 0.312 e. The van der Waals surface area contributed by atoms with E-state index in [4.69, 9.17) is 0 Å². The quantitative estimate of drug-likeness (QED) is 0.792. The zero-order valence-corrected chi connectivity index (χ0v) is 12.6. The van der Waals surface area contributed by atoms with Crippen molar-refractivity contribution in [3.63, 3.8) is 0 Å². The second-order valence-corrected chi connectivity index (χ2v) is 5.90. The molecule has 0 spiro atoms. The molecule has 1 unspecified atom stereocenters. The fourth-order valence-electron chi connectivity index (χ4n) is 2.60.